The van der Waals surface area contributed by atoms with Gasteiger partial charge in [-0.1, -0.05) is 15.9 Å². The summed E-state index contributed by atoms with van der Waals surface area (Å²) in [6.07, 6.45) is -0.189. The van der Waals surface area contributed by atoms with Gasteiger partial charge in [-0.15, -0.1) is 0 Å². The molecule has 0 amide bonds. The van der Waals surface area contributed by atoms with Crippen molar-refractivity contribution in [3.05, 3.63) is 28.2 Å². The molecule has 0 heterocycles. The maximum absolute atomic E-state index is 10.0. The van der Waals surface area contributed by atoms with Crippen molar-refractivity contribution in [2.75, 3.05) is 13.7 Å². The lowest BCUT2D eigenvalue weighted by Crippen LogP contribution is -2.28. The summed E-state index contributed by atoms with van der Waals surface area (Å²) in [5.74, 6) is 0.788. The SMILES string of the molecule is CCOC(C)C(O)Cc1cc(Br)ccc1OC. The summed E-state index contributed by atoms with van der Waals surface area (Å²) in [6, 6.07) is 5.76. The molecule has 1 N–H and O–H groups in total. The molecule has 2 unspecified atom stereocenters. The lowest BCUT2D eigenvalue weighted by Gasteiger charge is -2.20. The van der Waals surface area contributed by atoms with Gasteiger partial charge in [-0.3, -0.25) is 0 Å². The van der Waals surface area contributed by atoms with Gasteiger partial charge in [0.2, 0.25) is 0 Å². The average Bonchev–Trinajstić information content (AvgIpc) is 2.29. The molecule has 0 saturated heterocycles. The molecule has 96 valence electrons. The maximum atomic E-state index is 10.0. The first kappa shape index (κ1) is 14.5. The third-order valence-corrected chi connectivity index (χ3v) is 3.14. The summed E-state index contributed by atoms with van der Waals surface area (Å²) < 4.78 is 11.6. The van der Waals surface area contributed by atoms with Crippen LogP contribution in [0.1, 0.15) is 19.4 Å². The molecule has 0 bridgehead atoms. The van der Waals surface area contributed by atoms with Gasteiger partial charge in [0.1, 0.15) is 5.75 Å². The van der Waals surface area contributed by atoms with Gasteiger partial charge in [0.15, 0.2) is 0 Å². The van der Waals surface area contributed by atoms with Crippen LogP contribution in [0.2, 0.25) is 0 Å². The Labute approximate surface area is 111 Å². The van der Waals surface area contributed by atoms with Gasteiger partial charge < -0.3 is 14.6 Å². The second-order valence-electron chi connectivity index (χ2n) is 3.89. The van der Waals surface area contributed by atoms with Crippen LogP contribution in [-0.4, -0.2) is 31.0 Å². The summed E-state index contributed by atoms with van der Waals surface area (Å²) in [6.45, 7) is 4.40. The van der Waals surface area contributed by atoms with Gasteiger partial charge in [-0.2, -0.15) is 0 Å². The molecule has 0 aliphatic heterocycles. The number of methoxy groups -OCH3 is 1. The number of halogens is 1. The number of aliphatic hydroxyl groups excluding tert-OH is 1. The summed E-state index contributed by atoms with van der Waals surface area (Å²) in [4.78, 5) is 0. The van der Waals surface area contributed by atoms with E-state index in [-0.39, 0.29) is 6.10 Å². The fourth-order valence-corrected chi connectivity index (χ4v) is 2.08. The number of hydrogen-bond donors (Lipinski definition) is 1. The fraction of sp³-hybridized carbons (Fsp3) is 0.538. The van der Waals surface area contributed by atoms with E-state index in [4.69, 9.17) is 9.47 Å². The van der Waals surface area contributed by atoms with E-state index < -0.39 is 6.10 Å². The molecule has 1 aromatic rings. The van der Waals surface area contributed by atoms with Gasteiger partial charge in [0.05, 0.1) is 19.3 Å². The molecule has 4 heteroatoms. The molecule has 17 heavy (non-hydrogen) atoms. The second-order valence-corrected chi connectivity index (χ2v) is 4.80. The zero-order chi connectivity index (χ0) is 12.8. The minimum atomic E-state index is -0.529. The van der Waals surface area contributed by atoms with Gasteiger partial charge >= 0.3 is 0 Å². The van der Waals surface area contributed by atoms with E-state index in [1.807, 2.05) is 32.0 Å². The third kappa shape index (κ3) is 4.30. The zero-order valence-electron chi connectivity index (χ0n) is 10.4. The first-order chi connectivity index (χ1) is 8.08. The number of hydrogen-bond acceptors (Lipinski definition) is 3. The van der Waals surface area contributed by atoms with Crippen LogP contribution < -0.4 is 4.74 Å². The first-order valence-electron chi connectivity index (χ1n) is 5.70. The van der Waals surface area contributed by atoms with Crippen molar-refractivity contribution in [1.82, 2.24) is 0 Å². The van der Waals surface area contributed by atoms with E-state index in [9.17, 15) is 5.11 Å². The standard InChI is InChI=1S/C13H19BrO3/c1-4-17-9(2)12(15)8-10-7-11(14)5-6-13(10)16-3/h5-7,9,12,15H,4,8H2,1-3H3. The van der Waals surface area contributed by atoms with Crippen molar-refractivity contribution >= 4 is 15.9 Å². The van der Waals surface area contributed by atoms with E-state index in [0.717, 1.165) is 15.8 Å². The minimum absolute atomic E-state index is 0.177. The molecule has 0 aliphatic carbocycles. The number of rotatable bonds is 6. The van der Waals surface area contributed by atoms with E-state index in [2.05, 4.69) is 15.9 Å². The summed E-state index contributed by atoms with van der Waals surface area (Å²) in [5, 5.41) is 10.0. The molecule has 1 rings (SSSR count). The minimum Gasteiger partial charge on any atom is -0.496 e. The normalized spacial score (nSPS) is 14.4. The third-order valence-electron chi connectivity index (χ3n) is 2.64. The zero-order valence-corrected chi connectivity index (χ0v) is 12.0. The van der Waals surface area contributed by atoms with Crippen molar-refractivity contribution in [3.8, 4) is 5.75 Å². The predicted molar refractivity (Wildman–Crippen MR) is 71.5 cm³/mol. The van der Waals surface area contributed by atoms with Crippen molar-refractivity contribution in [2.45, 2.75) is 32.5 Å². The number of ether oxygens (including phenoxy) is 2. The summed E-state index contributed by atoms with van der Waals surface area (Å²) in [7, 11) is 1.63. The highest BCUT2D eigenvalue weighted by Gasteiger charge is 2.17. The average molecular weight is 303 g/mol. The van der Waals surface area contributed by atoms with Gasteiger partial charge in [-0.25, -0.2) is 0 Å². The lowest BCUT2D eigenvalue weighted by molar-refractivity contribution is -0.0209. The molecule has 0 aromatic heterocycles. The largest absolute Gasteiger partial charge is 0.496 e. The Bertz CT molecular complexity index is 355. The maximum Gasteiger partial charge on any atom is 0.122 e. The van der Waals surface area contributed by atoms with Crippen LogP contribution in [-0.2, 0) is 11.2 Å². The Morgan fingerprint density at radius 2 is 2.12 bits per heavy atom. The van der Waals surface area contributed by atoms with Crippen LogP contribution in [0.3, 0.4) is 0 Å². The predicted octanol–water partition coefficient (Wildman–Crippen LogP) is 2.79. The van der Waals surface area contributed by atoms with Crippen molar-refractivity contribution in [3.63, 3.8) is 0 Å². The van der Waals surface area contributed by atoms with Crippen molar-refractivity contribution in [1.29, 1.82) is 0 Å². The molecule has 1 aromatic carbocycles. The van der Waals surface area contributed by atoms with Crippen molar-refractivity contribution < 1.29 is 14.6 Å². The topological polar surface area (TPSA) is 38.7 Å². The molecular formula is C13H19BrO3. The number of benzene rings is 1. The molecule has 0 aliphatic rings. The van der Waals surface area contributed by atoms with E-state index in [1.54, 1.807) is 7.11 Å². The Hall–Kier alpha value is -0.580. The first-order valence-corrected chi connectivity index (χ1v) is 6.49. The summed E-state index contributed by atoms with van der Waals surface area (Å²) >= 11 is 3.41. The molecule has 0 fully saturated rings. The van der Waals surface area contributed by atoms with Crippen molar-refractivity contribution in [2.24, 2.45) is 0 Å². The monoisotopic (exact) mass is 302 g/mol. The van der Waals surface area contributed by atoms with Crippen LogP contribution in [0.4, 0.5) is 0 Å². The lowest BCUT2D eigenvalue weighted by atomic mass is 10.0. The van der Waals surface area contributed by atoms with Crippen LogP contribution in [0.25, 0.3) is 0 Å². The van der Waals surface area contributed by atoms with Gasteiger partial charge in [-0.05, 0) is 37.6 Å². The molecule has 3 nitrogen and oxygen atoms in total. The Kier molecular flexibility index (Phi) is 5.95. The van der Waals surface area contributed by atoms with Crippen LogP contribution in [0, 0.1) is 0 Å². The van der Waals surface area contributed by atoms with E-state index >= 15 is 0 Å². The smallest absolute Gasteiger partial charge is 0.122 e. The highest BCUT2D eigenvalue weighted by Crippen LogP contribution is 2.24. The molecule has 0 spiro atoms. The van der Waals surface area contributed by atoms with Crippen LogP contribution >= 0.6 is 15.9 Å². The fourth-order valence-electron chi connectivity index (χ4n) is 1.67. The van der Waals surface area contributed by atoms with Crippen LogP contribution in [0.15, 0.2) is 22.7 Å². The summed E-state index contributed by atoms with van der Waals surface area (Å²) in [5.41, 5.74) is 0.973. The van der Waals surface area contributed by atoms with Crippen LogP contribution in [0.5, 0.6) is 5.75 Å². The Balaban J connectivity index is 2.76. The van der Waals surface area contributed by atoms with Gasteiger partial charge in [0.25, 0.3) is 0 Å². The van der Waals surface area contributed by atoms with Gasteiger partial charge in [0, 0.05) is 17.5 Å². The second kappa shape index (κ2) is 6.99. The quantitative estimate of drug-likeness (QED) is 0.878. The Morgan fingerprint density at radius 1 is 1.41 bits per heavy atom. The van der Waals surface area contributed by atoms with E-state index in [0.29, 0.717) is 13.0 Å². The molecular weight excluding hydrogens is 284 g/mol. The highest BCUT2D eigenvalue weighted by atomic mass is 79.9. The molecule has 0 saturated carbocycles. The molecule has 2 atom stereocenters. The highest BCUT2D eigenvalue weighted by molar-refractivity contribution is 9.10. The van der Waals surface area contributed by atoms with E-state index in [1.165, 1.54) is 0 Å². The number of aliphatic hydroxyl groups is 1. The Morgan fingerprint density at radius 3 is 2.71 bits per heavy atom. The molecule has 0 radical (unpaired) electrons.